The highest BCUT2D eigenvalue weighted by Gasteiger charge is 2.33. The van der Waals surface area contributed by atoms with E-state index in [4.69, 9.17) is 0 Å². The van der Waals surface area contributed by atoms with E-state index in [0.717, 1.165) is 25.9 Å². The van der Waals surface area contributed by atoms with Crippen molar-refractivity contribution in [3.63, 3.8) is 0 Å². The Morgan fingerprint density at radius 1 is 1.11 bits per heavy atom. The third-order valence-electron chi connectivity index (χ3n) is 3.50. The van der Waals surface area contributed by atoms with E-state index in [1.165, 1.54) is 12.5 Å². The standard InChI is InChI=1S/C14H18F3N/c1-2-11-6-7-12(10-13(11)14(15,16)17)18-8-4-3-5-9-18/h6-7,10H,2-5,8-9H2,1H3. The van der Waals surface area contributed by atoms with Crippen molar-refractivity contribution >= 4 is 5.69 Å². The first kappa shape index (κ1) is 13.2. The second-order valence-electron chi connectivity index (χ2n) is 4.74. The van der Waals surface area contributed by atoms with Crippen LogP contribution < -0.4 is 4.90 Å². The lowest BCUT2D eigenvalue weighted by Crippen LogP contribution is -2.29. The number of alkyl halides is 3. The van der Waals surface area contributed by atoms with E-state index in [1.54, 1.807) is 13.0 Å². The van der Waals surface area contributed by atoms with Gasteiger partial charge in [-0.25, -0.2) is 0 Å². The Hall–Kier alpha value is -1.19. The summed E-state index contributed by atoms with van der Waals surface area (Å²) in [6, 6.07) is 4.75. The van der Waals surface area contributed by atoms with Crippen LogP contribution in [0.3, 0.4) is 0 Å². The molecule has 1 saturated heterocycles. The summed E-state index contributed by atoms with van der Waals surface area (Å²) in [5.41, 5.74) is 0.607. The molecule has 0 amide bonds. The molecule has 1 aromatic rings. The maximum atomic E-state index is 13.0. The molecule has 1 heterocycles. The Kier molecular flexibility index (Phi) is 3.83. The maximum absolute atomic E-state index is 13.0. The van der Waals surface area contributed by atoms with Gasteiger partial charge in [-0.05, 0) is 43.4 Å². The van der Waals surface area contributed by atoms with Gasteiger partial charge in [-0.2, -0.15) is 13.2 Å². The average molecular weight is 257 g/mol. The fraction of sp³-hybridized carbons (Fsp3) is 0.571. The summed E-state index contributed by atoms with van der Waals surface area (Å²) in [5, 5.41) is 0. The van der Waals surface area contributed by atoms with Gasteiger partial charge in [0.1, 0.15) is 0 Å². The molecule has 0 atom stereocenters. The van der Waals surface area contributed by atoms with E-state index in [-0.39, 0.29) is 0 Å². The Morgan fingerprint density at radius 3 is 2.33 bits per heavy atom. The molecule has 0 aromatic heterocycles. The molecule has 18 heavy (non-hydrogen) atoms. The minimum Gasteiger partial charge on any atom is -0.372 e. The molecule has 0 spiro atoms. The Balaban J connectivity index is 2.33. The first-order valence-electron chi connectivity index (χ1n) is 6.47. The molecule has 0 unspecified atom stereocenters. The fourth-order valence-electron chi connectivity index (χ4n) is 2.49. The van der Waals surface area contributed by atoms with Gasteiger partial charge in [0.15, 0.2) is 0 Å². The highest BCUT2D eigenvalue weighted by molar-refractivity contribution is 5.52. The van der Waals surface area contributed by atoms with Crippen LogP contribution in [0.15, 0.2) is 18.2 Å². The quantitative estimate of drug-likeness (QED) is 0.765. The summed E-state index contributed by atoms with van der Waals surface area (Å²) in [4.78, 5) is 2.05. The van der Waals surface area contributed by atoms with Gasteiger partial charge in [0.25, 0.3) is 0 Å². The summed E-state index contributed by atoms with van der Waals surface area (Å²) in [7, 11) is 0. The van der Waals surface area contributed by atoms with Gasteiger partial charge in [0.2, 0.25) is 0 Å². The topological polar surface area (TPSA) is 3.24 Å². The molecule has 1 fully saturated rings. The zero-order chi connectivity index (χ0) is 13.2. The number of rotatable bonds is 2. The van der Waals surface area contributed by atoms with Crippen LogP contribution in [0.25, 0.3) is 0 Å². The van der Waals surface area contributed by atoms with Crippen LogP contribution in [0.2, 0.25) is 0 Å². The maximum Gasteiger partial charge on any atom is 0.416 e. The number of halogens is 3. The molecule has 1 aliphatic heterocycles. The number of anilines is 1. The van der Waals surface area contributed by atoms with Gasteiger partial charge in [0, 0.05) is 18.8 Å². The zero-order valence-electron chi connectivity index (χ0n) is 10.6. The predicted octanol–water partition coefficient (Wildman–Crippen LogP) is 4.26. The summed E-state index contributed by atoms with van der Waals surface area (Å²) in [6.07, 6.45) is -0.532. The third-order valence-corrected chi connectivity index (χ3v) is 3.50. The highest BCUT2D eigenvalue weighted by atomic mass is 19.4. The Bertz CT molecular complexity index is 406. The molecule has 0 aliphatic carbocycles. The summed E-state index contributed by atoms with van der Waals surface area (Å²) < 4.78 is 38.9. The summed E-state index contributed by atoms with van der Waals surface area (Å²) in [6.45, 7) is 3.48. The van der Waals surface area contributed by atoms with E-state index in [0.29, 0.717) is 17.7 Å². The van der Waals surface area contributed by atoms with Crippen LogP contribution in [-0.2, 0) is 12.6 Å². The largest absolute Gasteiger partial charge is 0.416 e. The van der Waals surface area contributed by atoms with Crippen molar-refractivity contribution in [3.05, 3.63) is 29.3 Å². The van der Waals surface area contributed by atoms with Crippen LogP contribution in [0.1, 0.15) is 37.3 Å². The normalized spacial score (nSPS) is 17.0. The van der Waals surface area contributed by atoms with Crippen LogP contribution >= 0.6 is 0 Å². The lowest BCUT2D eigenvalue weighted by Gasteiger charge is -2.29. The molecule has 1 nitrogen and oxygen atoms in total. The smallest absolute Gasteiger partial charge is 0.372 e. The predicted molar refractivity (Wildman–Crippen MR) is 66.9 cm³/mol. The summed E-state index contributed by atoms with van der Waals surface area (Å²) >= 11 is 0. The number of benzene rings is 1. The molecular formula is C14H18F3N. The third kappa shape index (κ3) is 2.79. The van der Waals surface area contributed by atoms with Crippen LogP contribution in [0.4, 0.5) is 18.9 Å². The van der Waals surface area contributed by atoms with Crippen molar-refractivity contribution in [3.8, 4) is 0 Å². The van der Waals surface area contributed by atoms with Gasteiger partial charge >= 0.3 is 6.18 Å². The molecule has 100 valence electrons. The Morgan fingerprint density at radius 2 is 1.78 bits per heavy atom. The van der Waals surface area contributed by atoms with Gasteiger partial charge in [-0.1, -0.05) is 13.0 Å². The number of hydrogen-bond acceptors (Lipinski definition) is 1. The molecule has 2 rings (SSSR count). The number of piperidine rings is 1. The van der Waals surface area contributed by atoms with E-state index in [2.05, 4.69) is 4.90 Å². The zero-order valence-corrected chi connectivity index (χ0v) is 10.6. The molecular weight excluding hydrogens is 239 g/mol. The van der Waals surface area contributed by atoms with Crippen molar-refractivity contribution in [2.24, 2.45) is 0 Å². The molecule has 1 aliphatic rings. The summed E-state index contributed by atoms with van der Waals surface area (Å²) in [5.74, 6) is 0. The van der Waals surface area contributed by atoms with Crippen molar-refractivity contribution in [2.75, 3.05) is 18.0 Å². The van der Waals surface area contributed by atoms with Crippen molar-refractivity contribution in [2.45, 2.75) is 38.8 Å². The average Bonchev–Trinajstić information content (AvgIpc) is 2.38. The molecule has 1 aromatic carbocycles. The number of nitrogens with zero attached hydrogens (tertiary/aromatic N) is 1. The number of hydrogen-bond donors (Lipinski definition) is 0. The van der Waals surface area contributed by atoms with Gasteiger partial charge in [-0.3, -0.25) is 0 Å². The SMILES string of the molecule is CCc1ccc(N2CCCCC2)cc1C(F)(F)F. The van der Waals surface area contributed by atoms with Crippen molar-refractivity contribution < 1.29 is 13.2 Å². The monoisotopic (exact) mass is 257 g/mol. The lowest BCUT2D eigenvalue weighted by molar-refractivity contribution is -0.138. The van der Waals surface area contributed by atoms with E-state index >= 15 is 0 Å². The minimum atomic E-state index is -4.25. The van der Waals surface area contributed by atoms with Gasteiger partial charge in [0.05, 0.1) is 5.56 Å². The van der Waals surface area contributed by atoms with Crippen molar-refractivity contribution in [1.82, 2.24) is 0 Å². The van der Waals surface area contributed by atoms with E-state index in [9.17, 15) is 13.2 Å². The second-order valence-corrected chi connectivity index (χ2v) is 4.74. The van der Waals surface area contributed by atoms with Crippen LogP contribution in [0, 0.1) is 0 Å². The van der Waals surface area contributed by atoms with Crippen LogP contribution in [-0.4, -0.2) is 13.1 Å². The minimum absolute atomic E-state index is 0.378. The van der Waals surface area contributed by atoms with Gasteiger partial charge < -0.3 is 4.90 Å². The molecule has 0 N–H and O–H groups in total. The lowest BCUT2D eigenvalue weighted by atomic mass is 10.0. The molecule has 0 radical (unpaired) electrons. The van der Waals surface area contributed by atoms with E-state index < -0.39 is 11.7 Å². The first-order chi connectivity index (χ1) is 8.52. The molecule has 0 bridgehead atoms. The second kappa shape index (κ2) is 5.21. The van der Waals surface area contributed by atoms with Crippen LogP contribution in [0.5, 0.6) is 0 Å². The fourth-order valence-corrected chi connectivity index (χ4v) is 2.49. The number of aryl methyl sites for hydroxylation is 1. The van der Waals surface area contributed by atoms with E-state index in [1.807, 2.05) is 6.07 Å². The van der Waals surface area contributed by atoms with Gasteiger partial charge in [-0.15, -0.1) is 0 Å². The Labute approximate surface area is 106 Å². The molecule has 4 heteroatoms. The molecule has 0 saturated carbocycles. The first-order valence-corrected chi connectivity index (χ1v) is 6.47. The van der Waals surface area contributed by atoms with Crippen molar-refractivity contribution in [1.29, 1.82) is 0 Å². The highest BCUT2D eigenvalue weighted by Crippen LogP contribution is 2.35.